The second-order valence-electron chi connectivity index (χ2n) is 4.00. The van der Waals surface area contributed by atoms with Crippen LogP contribution in [0.2, 0.25) is 5.28 Å². The highest BCUT2D eigenvalue weighted by molar-refractivity contribution is 7.16. The summed E-state index contributed by atoms with van der Waals surface area (Å²) in [6.07, 6.45) is 0. The predicted octanol–water partition coefficient (Wildman–Crippen LogP) is 2.40. The molecule has 0 aromatic carbocycles. The van der Waals surface area contributed by atoms with Crippen molar-refractivity contribution in [2.24, 2.45) is 0 Å². The van der Waals surface area contributed by atoms with Crippen LogP contribution in [-0.2, 0) is 14.2 Å². The van der Waals surface area contributed by atoms with E-state index >= 15 is 0 Å². The van der Waals surface area contributed by atoms with Gasteiger partial charge in [0.15, 0.2) is 0 Å². The van der Waals surface area contributed by atoms with Crippen LogP contribution in [0.15, 0.2) is 11.4 Å². The zero-order valence-electron chi connectivity index (χ0n) is 11.7. The van der Waals surface area contributed by atoms with Gasteiger partial charge in [0.1, 0.15) is 11.4 Å². The first-order valence-corrected chi connectivity index (χ1v) is 7.75. The fourth-order valence-electron chi connectivity index (χ4n) is 1.57. The largest absolute Gasteiger partial charge is 0.475 e. The standard InChI is InChI=1S/C13H17ClN2O4S/c1-17-3-4-18-5-6-19-7-8-20-11-10-2-9-21-12(10)16-13(14)15-11/h2,9H,3-8H2,1H3. The predicted molar refractivity (Wildman–Crippen MR) is 81.4 cm³/mol. The Morgan fingerprint density at radius 1 is 1.05 bits per heavy atom. The summed E-state index contributed by atoms with van der Waals surface area (Å²) in [7, 11) is 1.64. The van der Waals surface area contributed by atoms with E-state index in [0.29, 0.717) is 45.5 Å². The SMILES string of the molecule is COCCOCCOCCOc1nc(Cl)nc2sccc12. The molecule has 116 valence electrons. The third-order valence-corrected chi connectivity index (χ3v) is 3.51. The molecule has 21 heavy (non-hydrogen) atoms. The number of nitrogens with zero attached hydrogens (tertiary/aromatic N) is 2. The van der Waals surface area contributed by atoms with Gasteiger partial charge in [-0.15, -0.1) is 11.3 Å². The summed E-state index contributed by atoms with van der Waals surface area (Å²) in [5.74, 6) is 0.492. The summed E-state index contributed by atoms with van der Waals surface area (Å²) in [6, 6.07) is 1.91. The summed E-state index contributed by atoms with van der Waals surface area (Å²) >= 11 is 7.35. The van der Waals surface area contributed by atoms with Gasteiger partial charge >= 0.3 is 0 Å². The first-order valence-electron chi connectivity index (χ1n) is 6.49. The molecule has 0 bridgehead atoms. The van der Waals surface area contributed by atoms with Crippen molar-refractivity contribution in [2.75, 3.05) is 46.8 Å². The minimum Gasteiger partial charge on any atom is -0.475 e. The quantitative estimate of drug-likeness (QED) is 0.492. The van der Waals surface area contributed by atoms with E-state index < -0.39 is 0 Å². The van der Waals surface area contributed by atoms with Crippen molar-refractivity contribution >= 4 is 33.2 Å². The zero-order chi connectivity index (χ0) is 14.9. The highest BCUT2D eigenvalue weighted by Crippen LogP contribution is 2.27. The number of ether oxygens (including phenoxy) is 4. The summed E-state index contributed by atoms with van der Waals surface area (Å²) in [6.45, 7) is 3.08. The zero-order valence-corrected chi connectivity index (χ0v) is 13.3. The van der Waals surface area contributed by atoms with Crippen LogP contribution in [0.25, 0.3) is 10.2 Å². The van der Waals surface area contributed by atoms with Crippen molar-refractivity contribution in [1.82, 2.24) is 9.97 Å². The summed E-state index contributed by atoms with van der Waals surface area (Å²) in [4.78, 5) is 9.03. The van der Waals surface area contributed by atoms with Crippen LogP contribution in [0.4, 0.5) is 0 Å². The molecule has 0 fully saturated rings. The van der Waals surface area contributed by atoms with Gasteiger partial charge in [0, 0.05) is 7.11 Å². The molecular weight excluding hydrogens is 316 g/mol. The van der Waals surface area contributed by atoms with Gasteiger partial charge in [-0.3, -0.25) is 0 Å². The molecule has 0 amide bonds. The summed E-state index contributed by atoms with van der Waals surface area (Å²) < 4.78 is 21.1. The van der Waals surface area contributed by atoms with Crippen LogP contribution in [0.1, 0.15) is 0 Å². The van der Waals surface area contributed by atoms with Crippen LogP contribution < -0.4 is 4.74 Å². The smallest absolute Gasteiger partial charge is 0.227 e. The maximum absolute atomic E-state index is 5.85. The van der Waals surface area contributed by atoms with E-state index in [2.05, 4.69) is 9.97 Å². The lowest BCUT2D eigenvalue weighted by molar-refractivity contribution is 0.0178. The number of rotatable bonds is 10. The number of fused-ring (bicyclic) bond motifs is 1. The Kier molecular flexibility index (Phi) is 7.11. The molecule has 0 aliphatic heterocycles. The van der Waals surface area contributed by atoms with Gasteiger partial charge in [-0.2, -0.15) is 4.98 Å². The normalized spacial score (nSPS) is 11.1. The van der Waals surface area contributed by atoms with Crippen molar-refractivity contribution in [3.8, 4) is 5.88 Å². The average Bonchev–Trinajstić information content (AvgIpc) is 2.93. The molecule has 2 rings (SSSR count). The highest BCUT2D eigenvalue weighted by Gasteiger charge is 2.08. The molecule has 2 heterocycles. The Morgan fingerprint density at radius 3 is 2.52 bits per heavy atom. The van der Waals surface area contributed by atoms with E-state index in [1.807, 2.05) is 11.4 Å². The van der Waals surface area contributed by atoms with Crippen molar-refractivity contribution < 1.29 is 18.9 Å². The molecule has 0 aliphatic carbocycles. The Hall–Kier alpha value is -0.990. The molecule has 6 nitrogen and oxygen atoms in total. The van der Waals surface area contributed by atoms with Crippen molar-refractivity contribution in [3.05, 3.63) is 16.7 Å². The molecule has 2 aromatic rings. The van der Waals surface area contributed by atoms with Gasteiger partial charge in [0.25, 0.3) is 0 Å². The minimum atomic E-state index is 0.187. The average molecular weight is 333 g/mol. The number of hydrogen-bond acceptors (Lipinski definition) is 7. The molecular formula is C13H17ClN2O4S. The van der Waals surface area contributed by atoms with Gasteiger partial charge in [-0.25, -0.2) is 4.98 Å². The van der Waals surface area contributed by atoms with E-state index in [1.54, 1.807) is 7.11 Å². The highest BCUT2D eigenvalue weighted by atomic mass is 35.5. The number of methoxy groups -OCH3 is 1. The summed E-state index contributed by atoms with van der Waals surface area (Å²) in [5, 5.41) is 2.98. The van der Waals surface area contributed by atoms with Crippen LogP contribution in [-0.4, -0.2) is 56.7 Å². The van der Waals surface area contributed by atoms with Gasteiger partial charge in [-0.1, -0.05) is 0 Å². The molecule has 0 unspecified atom stereocenters. The molecule has 0 spiro atoms. The Morgan fingerprint density at radius 2 is 1.76 bits per heavy atom. The molecule has 0 radical (unpaired) electrons. The third kappa shape index (κ3) is 5.37. The van der Waals surface area contributed by atoms with E-state index in [-0.39, 0.29) is 5.28 Å². The number of hydrogen-bond donors (Lipinski definition) is 0. The lowest BCUT2D eigenvalue weighted by Crippen LogP contribution is -2.12. The first-order chi connectivity index (χ1) is 10.3. The van der Waals surface area contributed by atoms with E-state index in [0.717, 1.165) is 10.2 Å². The lowest BCUT2D eigenvalue weighted by Gasteiger charge is -2.08. The molecule has 0 aliphatic rings. The molecule has 0 atom stereocenters. The van der Waals surface area contributed by atoms with Crippen LogP contribution in [0.5, 0.6) is 5.88 Å². The van der Waals surface area contributed by atoms with Crippen LogP contribution in [0.3, 0.4) is 0 Å². The fraction of sp³-hybridized carbons (Fsp3) is 0.538. The van der Waals surface area contributed by atoms with Crippen LogP contribution in [0, 0.1) is 0 Å². The minimum absolute atomic E-state index is 0.187. The van der Waals surface area contributed by atoms with Crippen molar-refractivity contribution in [1.29, 1.82) is 0 Å². The van der Waals surface area contributed by atoms with Crippen molar-refractivity contribution in [2.45, 2.75) is 0 Å². The lowest BCUT2D eigenvalue weighted by atomic mass is 10.4. The number of halogens is 1. The fourth-order valence-corrected chi connectivity index (χ4v) is 2.54. The number of thiophene rings is 1. The van der Waals surface area contributed by atoms with Gasteiger partial charge < -0.3 is 18.9 Å². The number of aromatic nitrogens is 2. The molecule has 2 aromatic heterocycles. The van der Waals surface area contributed by atoms with Crippen LogP contribution >= 0.6 is 22.9 Å². The van der Waals surface area contributed by atoms with Gasteiger partial charge in [0.2, 0.25) is 11.2 Å². The maximum Gasteiger partial charge on any atom is 0.227 e. The van der Waals surface area contributed by atoms with E-state index in [1.165, 1.54) is 11.3 Å². The first kappa shape index (κ1) is 16.4. The topological polar surface area (TPSA) is 62.7 Å². The Bertz CT molecular complexity index is 552. The Labute approximate surface area is 132 Å². The summed E-state index contributed by atoms with van der Waals surface area (Å²) in [5.41, 5.74) is 0. The second-order valence-corrected chi connectivity index (χ2v) is 5.24. The van der Waals surface area contributed by atoms with E-state index in [9.17, 15) is 0 Å². The van der Waals surface area contributed by atoms with Gasteiger partial charge in [0.05, 0.1) is 38.4 Å². The molecule has 0 saturated carbocycles. The second kappa shape index (κ2) is 9.11. The van der Waals surface area contributed by atoms with Gasteiger partial charge in [-0.05, 0) is 23.0 Å². The maximum atomic E-state index is 5.85. The van der Waals surface area contributed by atoms with E-state index in [4.69, 9.17) is 30.5 Å². The molecule has 0 N–H and O–H groups in total. The monoisotopic (exact) mass is 332 g/mol. The Balaban J connectivity index is 1.65. The molecule has 0 saturated heterocycles. The molecule has 8 heteroatoms. The van der Waals surface area contributed by atoms with Crippen molar-refractivity contribution in [3.63, 3.8) is 0 Å². The third-order valence-electron chi connectivity index (χ3n) is 2.53.